The van der Waals surface area contributed by atoms with Crippen molar-refractivity contribution in [2.45, 2.75) is 13.3 Å². The van der Waals surface area contributed by atoms with Crippen LogP contribution < -0.4 is 9.47 Å². The standard InChI is InChI=1S/C12H14O4/c1-7-9(14-2)6-8-4-5-16-12(13)10(8)11(7)15-3/h6H,4-5H2,1-3H3. The maximum Gasteiger partial charge on any atom is 0.342 e. The summed E-state index contributed by atoms with van der Waals surface area (Å²) < 4.78 is 15.5. The Morgan fingerprint density at radius 2 is 2.06 bits per heavy atom. The summed E-state index contributed by atoms with van der Waals surface area (Å²) in [5.74, 6) is 0.980. The molecule has 0 radical (unpaired) electrons. The van der Waals surface area contributed by atoms with Crippen LogP contribution in [0.2, 0.25) is 0 Å². The number of ether oxygens (including phenoxy) is 3. The van der Waals surface area contributed by atoms with Crippen LogP contribution in [0.15, 0.2) is 6.07 Å². The van der Waals surface area contributed by atoms with E-state index in [0.717, 1.165) is 16.9 Å². The van der Waals surface area contributed by atoms with E-state index < -0.39 is 0 Å². The van der Waals surface area contributed by atoms with E-state index in [0.29, 0.717) is 24.3 Å². The predicted octanol–water partition coefficient (Wildman–Crippen LogP) is 1.73. The maximum absolute atomic E-state index is 11.7. The molecule has 1 aromatic carbocycles. The van der Waals surface area contributed by atoms with E-state index in [2.05, 4.69) is 0 Å². The molecule has 1 heterocycles. The highest BCUT2D eigenvalue weighted by molar-refractivity contribution is 5.96. The molecule has 4 heteroatoms. The molecule has 0 aliphatic carbocycles. The molecule has 0 atom stereocenters. The molecule has 0 bridgehead atoms. The lowest BCUT2D eigenvalue weighted by atomic mass is 9.98. The minimum Gasteiger partial charge on any atom is -0.496 e. The van der Waals surface area contributed by atoms with Gasteiger partial charge in [-0.15, -0.1) is 0 Å². The molecule has 2 rings (SSSR count). The molecule has 86 valence electrons. The fraction of sp³-hybridized carbons (Fsp3) is 0.417. The average molecular weight is 222 g/mol. The number of esters is 1. The van der Waals surface area contributed by atoms with Gasteiger partial charge in [-0.3, -0.25) is 0 Å². The lowest BCUT2D eigenvalue weighted by Crippen LogP contribution is -2.19. The Bertz CT molecular complexity index is 437. The van der Waals surface area contributed by atoms with Crippen molar-refractivity contribution < 1.29 is 19.0 Å². The van der Waals surface area contributed by atoms with Gasteiger partial charge >= 0.3 is 5.97 Å². The molecule has 0 spiro atoms. The highest BCUT2D eigenvalue weighted by Gasteiger charge is 2.26. The highest BCUT2D eigenvalue weighted by Crippen LogP contribution is 2.36. The van der Waals surface area contributed by atoms with Gasteiger partial charge < -0.3 is 14.2 Å². The number of carbonyl (C=O) groups excluding carboxylic acids is 1. The highest BCUT2D eigenvalue weighted by atomic mass is 16.5. The van der Waals surface area contributed by atoms with Gasteiger partial charge in [0, 0.05) is 12.0 Å². The lowest BCUT2D eigenvalue weighted by molar-refractivity contribution is 0.0475. The van der Waals surface area contributed by atoms with Crippen molar-refractivity contribution >= 4 is 5.97 Å². The van der Waals surface area contributed by atoms with E-state index in [9.17, 15) is 4.79 Å². The third kappa shape index (κ3) is 1.50. The van der Waals surface area contributed by atoms with E-state index in [1.165, 1.54) is 0 Å². The summed E-state index contributed by atoms with van der Waals surface area (Å²) in [7, 11) is 3.15. The second-order valence-corrected chi connectivity index (χ2v) is 3.66. The normalized spacial score (nSPS) is 14.1. The van der Waals surface area contributed by atoms with Crippen LogP contribution in [-0.4, -0.2) is 26.8 Å². The molecule has 1 aliphatic rings. The van der Waals surface area contributed by atoms with Crippen LogP contribution in [0.25, 0.3) is 0 Å². The lowest BCUT2D eigenvalue weighted by Gasteiger charge is -2.21. The molecule has 1 aromatic rings. The SMILES string of the molecule is COc1cc2c(c(OC)c1C)C(=O)OCC2. The number of hydrogen-bond acceptors (Lipinski definition) is 4. The fourth-order valence-corrected chi connectivity index (χ4v) is 2.00. The van der Waals surface area contributed by atoms with Gasteiger partial charge in [0.15, 0.2) is 0 Å². The number of hydrogen-bond donors (Lipinski definition) is 0. The van der Waals surface area contributed by atoms with Crippen LogP contribution in [0.4, 0.5) is 0 Å². The summed E-state index contributed by atoms with van der Waals surface area (Å²) in [5, 5.41) is 0. The van der Waals surface area contributed by atoms with Gasteiger partial charge in [0.2, 0.25) is 0 Å². The van der Waals surface area contributed by atoms with Crippen molar-refractivity contribution in [3.05, 3.63) is 22.8 Å². The summed E-state index contributed by atoms with van der Waals surface area (Å²) in [6, 6.07) is 1.88. The fourth-order valence-electron chi connectivity index (χ4n) is 2.00. The molecule has 0 saturated heterocycles. The maximum atomic E-state index is 11.7. The van der Waals surface area contributed by atoms with Gasteiger partial charge in [-0.2, -0.15) is 0 Å². The molecule has 0 saturated carbocycles. The van der Waals surface area contributed by atoms with Gasteiger partial charge in [-0.25, -0.2) is 4.79 Å². The Kier molecular flexibility index (Phi) is 2.73. The first kappa shape index (κ1) is 10.8. The van der Waals surface area contributed by atoms with E-state index in [1.54, 1.807) is 14.2 Å². The second kappa shape index (κ2) is 4.04. The minimum absolute atomic E-state index is 0.316. The second-order valence-electron chi connectivity index (χ2n) is 3.66. The zero-order valence-corrected chi connectivity index (χ0v) is 9.62. The Morgan fingerprint density at radius 3 is 2.69 bits per heavy atom. The van der Waals surface area contributed by atoms with Crippen molar-refractivity contribution in [1.82, 2.24) is 0 Å². The largest absolute Gasteiger partial charge is 0.496 e. The van der Waals surface area contributed by atoms with Gasteiger partial charge in [0.25, 0.3) is 0 Å². The summed E-state index contributed by atoms with van der Waals surface area (Å²) >= 11 is 0. The van der Waals surface area contributed by atoms with Crippen molar-refractivity contribution in [2.75, 3.05) is 20.8 Å². The Labute approximate surface area is 94.1 Å². The molecule has 4 nitrogen and oxygen atoms in total. The molecule has 16 heavy (non-hydrogen) atoms. The van der Waals surface area contributed by atoms with Crippen molar-refractivity contribution in [3.8, 4) is 11.5 Å². The Hall–Kier alpha value is -1.71. The van der Waals surface area contributed by atoms with Gasteiger partial charge in [-0.1, -0.05) is 0 Å². The molecule has 0 amide bonds. The number of cyclic esters (lactones) is 1. The van der Waals surface area contributed by atoms with Crippen molar-refractivity contribution in [1.29, 1.82) is 0 Å². The summed E-state index contributed by atoms with van der Waals surface area (Å²) in [6.07, 6.45) is 0.702. The third-order valence-electron chi connectivity index (χ3n) is 2.80. The number of carbonyl (C=O) groups is 1. The van der Waals surface area contributed by atoms with Crippen LogP contribution in [-0.2, 0) is 11.2 Å². The molecule has 1 aliphatic heterocycles. The van der Waals surface area contributed by atoms with E-state index >= 15 is 0 Å². The molecular weight excluding hydrogens is 208 g/mol. The van der Waals surface area contributed by atoms with Crippen LogP contribution >= 0.6 is 0 Å². The molecule has 0 fully saturated rings. The first-order chi connectivity index (χ1) is 7.69. The predicted molar refractivity (Wildman–Crippen MR) is 58.3 cm³/mol. The van der Waals surface area contributed by atoms with Gasteiger partial charge in [0.05, 0.1) is 20.8 Å². The number of benzene rings is 1. The van der Waals surface area contributed by atoms with E-state index in [4.69, 9.17) is 14.2 Å². The van der Waals surface area contributed by atoms with Crippen LogP contribution in [0.3, 0.4) is 0 Å². The monoisotopic (exact) mass is 222 g/mol. The average Bonchev–Trinajstić information content (AvgIpc) is 2.29. The molecule has 0 aromatic heterocycles. The van der Waals surface area contributed by atoms with Crippen LogP contribution in [0.5, 0.6) is 11.5 Å². The number of methoxy groups -OCH3 is 2. The first-order valence-corrected chi connectivity index (χ1v) is 5.10. The number of rotatable bonds is 2. The molecule has 0 N–H and O–H groups in total. The summed E-state index contributed by atoms with van der Waals surface area (Å²) in [6.45, 7) is 2.28. The zero-order valence-electron chi connectivity index (χ0n) is 9.62. The quantitative estimate of drug-likeness (QED) is 0.715. The van der Waals surface area contributed by atoms with Crippen LogP contribution in [0, 0.1) is 6.92 Å². The number of fused-ring (bicyclic) bond motifs is 1. The van der Waals surface area contributed by atoms with Crippen LogP contribution in [0.1, 0.15) is 21.5 Å². The van der Waals surface area contributed by atoms with Gasteiger partial charge in [0.1, 0.15) is 17.1 Å². The van der Waals surface area contributed by atoms with Crippen molar-refractivity contribution in [2.24, 2.45) is 0 Å². The Balaban J connectivity index is 2.68. The van der Waals surface area contributed by atoms with E-state index in [1.807, 2.05) is 13.0 Å². The first-order valence-electron chi connectivity index (χ1n) is 5.10. The van der Waals surface area contributed by atoms with Gasteiger partial charge in [-0.05, 0) is 18.6 Å². The van der Waals surface area contributed by atoms with Crippen molar-refractivity contribution in [3.63, 3.8) is 0 Å². The molecular formula is C12H14O4. The smallest absolute Gasteiger partial charge is 0.342 e. The zero-order chi connectivity index (χ0) is 11.7. The molecule has 0 unspecified atom stereocenters. The topological polar surface area (TPSA) is 44.8 Å². The third-order valence-corrected chi connectivity index (χ3v) is 2.80. The van der Waals surface area contributed by atoms with E-state index in [-0.39, 0.29) is 5.97 Å². The minimum atomic E-state index is -0.316. The Morgan fingerprint density at radius 1 is 1.31 bits per heavy atom. The summed E-state index contributed by atoms with van der Waals surface area (Å²) in [5.41, 5.74) is 2.28. The summed E-state index contributed by atoms with van der Waals surface area (Å²) in [4.78, 5) is 11.7.